The molecule has 2 rings (SSSR count). The Labute approximate surface area is 100 Å². The van der Waals surface area contributed by atoms with Gasteiger partial charge in [-0.2, -0.15) is 0 Å². The van der Waals surface area contributed by atoms with E-state index in [1.165, 1.54) is 0 Å². The summed E-state index contributed by atoms with van der Waals surface area (Å²) in [6.45, 7) is 3.40. The second-order valence-corrected chi connectivity index (χ2v) is 4.59. The minimum absolute atomic E-state index is 0.221. The fraction of sp³-hybridized carbons (Fsp3) is 0.500. The topological polar surface area (TPSA) is 33.2 Å². The Hall–Kier alpha value is -1.09. The van der Waals surface area contributed by atoms with Crippen LogP contribution >= 0.6 is 11.6 Å². The molecule has 1 aliphatic rings. The van der Waals surface area contributed by atoms with Crippen LogP contribution in [0.5, 0.6) is 0 Å². The fourth-order valence-corrected chi connectivity index (χ4v) is 2.35. The Balaban J connectivity index is 2.05. The lowest BCUT2D eigenvalue weighted by molar-refractivity contribution is -0.121. The van der Waals surface area contributed by atoms with E-state index in [1.54, 1.807) is 13.1 Å². The van der Waals surface area contributed by atoms with E-state index in [1.807, 2.05) is 12.1 Å². The van der Waals surface area contributed by atoms with Gasteiger partial charge in [-0.15, -0.1) is 0 Å². The van der Waals surface area contributed by atoms with Crippen molar-refractivity contribution in [1.29, 1.82) is 0 Å². The lowest BCUT2D eigenvalue weighted by Gasteiger charge is -2.32. The van der Waals surface area contributed by atoms with Crippen molar-refractivity contribution in [3.05, 3.63) is 23.4 Å². The van der Waals surface area contributed by atoms with Crippen molar-refractivity contribution in [2.45, 2.75) is 19.8 Å². The van der Waals surface area contributed by atoms with E-state index < -0.39 is 0 Å². The van der Waals surface area contributed by atoms with Crippen LogP contribution in [0.4, 0.5) is 5.82 Å². The van der Waals surface area contributed by atoms with Gasteiger partial charge in [0.2, 0.25) is 0 Å². The molecule has 1 fully saturated rings. The zero-order chi connectivity index (χ0) is 11.5. The standard InChI is InChI=1S/C12H15ClN2O/c1-9(16)10-4-7-15(8-5-10)12-11(13)3-2-6-14-12/h2-3,6,10H,4-5,7-8H2,1H3. The van der Waals surface area contributed by atoms with E-state index >= 15 is 0 Å². The summed E-state index contributed by atoms with van der Waals surface area (Å²) in [5, 5.41) is 0.684. The Morgan fingerprint density at radius 1 is 1.50 bits per heavy atom. The molecule has 0 N–H and O–H groups in total. The molecule has 16 heavy (non-hydrogen) atoms. The Bertz CT molecular complexity index is 386. The van der Waals surface area contributed by atoms with Gasteiger partial charge in [-0.25, -0.2) is 4.98 Å². The quantitative estimate of drug-likeness (QED) is 0.794. The average molecular weight is 239 g/mol. The van der Waals surface area contributed by atoms with E-state index in [2.05, 4.69) is 9.88 Å². The van der Waals surface area contributed by atoms with Crippen molar-refractivity contribution in [2.75, 3.05) is 18.0 Å². The van der Waals surface area contributed by atoms with Gasteiger partial charge in [-0.3, -0.25) is 4.79 Å². The SMILES string of the molecule is CC(=O)C1CCN(c2ncccc2Cl)CC1. The Morgan fingerprint density at radius 2 is 2.19 bits per heavy atom. The van der Waals surface area contributed by atoms with Gasteiger partial charge in [0.15, 0.2) is 0 Å². The number of ketones is 1. The van der Waals surface area contributed by atoms with Gasteiger partial charge in [0.05, 0.1) is 5.02 Å². The number of carbonyl (C=O) groups is 1. The Kier molecular flexibility index (Phi) is 3.44. The number of halogens is 1. The second-order valence-electron chi connectivity index (χ2n) is 4.18. The van der Waals surface area contributed by atoms with Gasteiger partial charge in [0, 0.05) is 25.2 Å². The molecule has 0 saturated carbocycles. The number of pyridine rings is 1. The third-order valence-corrected chi connectivity index (χ3v) is 3.40. The molecule has 0 unspecified atom stereocenters. The van der Waals surface area contributed by atoms with Gasteiger partial charge in [0.1, 0.15) is 11.6 Å². The molecule has 86 valence electrons. The second kappa shape index (κ2) is 4.83. The predicted molar refractivity (Wildman–Crippen MR) is 64.9 cm³/mol. The molecule has 0 radical (unpaired) electrons. The van der Waals surface area contributed by atoms with Crippen molar-refractivity contribution in [1.82, 2.24) is 4.98 Å². The van der Waals surface area contributed by atoms with Crippen molar-refractivity contribution in [3.8, 4) is 0 Å². The summed E-state index contributed by atoms with van der Waals surface area (Å²) >= 11 is 6.09. The molecule has 0 amide bonds. The smallest absolute Gasteiger partial charge is 0.147 e. The summed E-state index contributed by atoms with van der Waals surface area (Å²) in [5.74, 6) is 1.36. The fourth-order valence-electron chi connectivity index (χ4n) is 2.11. The highest BCUT2D eigenvalue weighted by Gasteiger charge is 2.23. The monoisotopic (exact) mass is 238 g/mol. The number of hydrogen-bond acceptors (Lipinski definition) is 3. The van der Waals surface area contributed by atoms with Crippen molar-refractivity contribution in [2.24, 2.45) is 5.92 Å². The van der Waals surface area contributed by atoms with E-state index in [0.717, 1.165) is 31.7 Å². The molecule has 2 heterocycles. The highest BCUT2D eigenvalue weighted by Crippen LogP contribution is 2.27. The number of rotatable bonds is 2. The summed E-state index contributed by atoms with van der Waals surface area (Å²) < 4.78 is 0. The van der Waals surface area contributed by atoms with Crippen LogP contribution in [-0.2, 0) is 4.79 Å². The third-order valence-electron chi connectivity index (χ3n) is 3.11. The molecule has 1 aromatic heterocycles. The largest absolute Gasteiger partial charge is 0.355 e. The molecule has 0 aliphatic carbocycles. The van der Waals surface area contributed by atoms with Crippen molar-refractivity contribution in [3.63, 3.8) is 0 Å². The van der Waals surface area contributed by atoms with E-state index in [-0.39, 0.29) is 5.92 Å². The summed E-state index contributed by atoms with van der Waals surface area (Å²) in [6.07, 6.45) is 3.56. The number of carbonyl (C=O) groups excluding carboxylic acids is 1. The zero-order valence-electron chi connectivity index (χ0n) is 9.32. The first-order valence-electron chi connectivity index (χ1n) is 5.54. The molecular formula is C12H15ClN2O. The zero-order valence-corrected chi connectivity index (χ0v) is 10.1. The number of anilines is 1. The molecule has 1 saturated heterocycles. The maximum atomic E-state index is 11.2. The molecule has 4 heteroatoms. The van der Waals surface area contributed by atoms with Crippen molar-refractivity contribution < 1.29 is 4.79 Å². The minimum atomic E-state index is 0.221. The maximum Gasteiger partial charge on any atom is 0.147 e. The molecule has 0 atom stereocenters. The lowest BCUT2D eigenvalue weighted by Crippen LogP contribution is -2.36. The van der Waals surface area contributed by atoms with Crippen LogP contribution in [0.3, 0.4) is 0 Å². The Morgan fingerprint density at radius 3 is 2.75 bits per heavy atom. The van der Waals surface area contributed by atoms with Gasteiger partial charge < -0.3 is 4.90 Å². The molecule has 0 aromatic carbocycles. The van der Waals surface area contributed by atoms with E-state index in [0.29, 0.717) is 10.8 Å². The first kappa shape index (κ1) is 11.4. The number of Topliss-reactive ketones (excluding diaryl/α,β-unsaturated/α-hetero) is 1. The lowest BCUT2D eigenvalue weighted by atomic mass is 9.93. The van der Waals surface area contributed by atoms with Gasteiger partial charge in [-0.05, 0) is 31.9 Å². The summed E-state index contributed by atoms with van der Waals surface area (Å²) in [5.41, 5.74) is 0. The van der Waals surface area contributed by atoms with Crippen LogP contribution in [0.15, 0.2) is 18.3 Å². The molecule has 0 spiro atoms. The summed E-state index contributed by atoms with van der Waals surface area (Å²) in [7, 11) is 0. The maximum absolute atomic E-state index is 11.2. The van der Waals surface area contributed by atoms with Gasteiger partial charge >= 0.3 is 0 Å². The molecular weight excluding hydrogens is 224 g/mol. The number of piperidine rings is 1. The normalized spacial score (nSPS) is 17.5. The summed E-state index contributed by atoms with van der Waals surface area (Å²) in [4.78, 5) is 17.7. The number of hydrogen-bond donors (Lipinski definition) is 0. The first-order valence-corrected chi connectivity index (χ1v) is 5.92. The minimum Gasteiger partial charge on any atom is -0.355 e. The van der Waals surface area contributed by atoms with E-state index in [4.69, 9.17) is 11.6 Å². The third kappa shape index (κ3) is 2.35. The molecule has 0 bridgehead atoms. The number of nitrogens with zero attached hydrogens (tertiary/aromatic N) is 2. The van der Waals surface area contributed by atoms with Crippen LogP contribution in [0.25, 0.3) is 0 Å². The van der Waals surface area contributed by atoms with Crippen LogP contribution in [0.2, 0.25) is 5.02 Å². The first-order chi connectivity index (χ1) is 7.68. The van der Waals surface area contributed by atoms with Crippen LogP contribution in [0, 0.1) is 5.92 Å². The highest BCUT2D eigenvalue weighted by molar-refractivity contribution is 6.32. The highest BCUT2D eigenvalue weighted by atomic mass is 35.5. The van der Waals surface area contributed by atoms with E-state index in [9.17, 15) is 4.79 Å². The summed E-state index contributed by atoms with van der Waals surface area (Å²) in [6, 6.07) is 3.68. The molecule has 1 aromatic rings. The molecule has 3 nitrogen and oxygen atoms in total. The van der Waals surface area contributed by atoms with Gasteiger partial charge in [0.25, 0.3) is 0 Å². The van der Waals surface area contributed by atoms with Crippen molar-refractivity contribution >= 4 is 23.2 Å². The molecule has 1 aliphatic heterocycles. The van der Waals surface area contributed by atoms with Crippen LogP contribution in [-0.4, -0.2) is 23.9 Å². The number of aromatic nitrogens is 1. The van der Waals surface area contributed by atoms with Gasteiger partial charge in [-0.1, -0.05) is 11.6 Å². The predicted octanol–water partition coefficient (Wildman–Crippen LogP) is 2.54. The average Bonchev–Trinajstić information content (AvgIpc) is 2.30. The van der Waals surface area contributed by atoms with Crippen LogP contribution < -0.4 is 4.90 Å². The van der Waals surface area contributed by atoms with Crippen LogP contribution in [0.1, 0.15) is 19.8 Å².